The zero-order valence-electron chi connectivity index (χ0n) is 14.2. The van der Waals surface area contributed by atoms with Crippen molar-refractivity contribution in [1.29, 1.82) is 0 Å². The predicted octanol–water partition coefficient (Wildman–Crippen LogP) is 2.84. The largest absolute Gasteiger partial charge is 0.448 e. The summed E-state index contributed by atoms with van der Waals surface area (Å²) in [5, 5.41) is 6.75. The molecule has 1 unspecified atom stereocenters. The minimum absolute atomic E-state index is 0.0317. The molecule has 5 heteroatoms. The zero-order valence-corrected chi connectivity index (χ0v) is 14.2. The summed E-state index contributed by atoms with van der Waals surface area (Å²) in [5.74, 6) is 3.49. The fraction of sp³-hybridized carbons (Fsp3) is 0.789. The van der Waals surface area contributed by atoms with Crippen molar-refractivity contribution in [3.05, 3.63) is 17.8 Å². The fourth-order valence-electron chi connectivity index (χ4n) is 6.21. The molecule has 2 heterocycles. The van der Waals surface area contributed by atoms with E-state index in [9.17, 15) is 4.79 Å². The van der Waals surface area contributed by atoms with Crippen LogP contribution < -0.4 is 10.6 Å². The third-order valence-corrected chi connectivity index (χ3v) is 6.82. The number of aromatic nitrogens is 1. The first-order valence-corrected chi connectivity index (χ1v) is 9.68. The average Bonchev–Trinajstić information content (AvgIpc) is 3.04. The lowest BCUT2D eigenvalue weighted by atomic mass is 9.53. The summed E-state index contributed by atoms with van der Waals surface area (Å²) in [6, 6.07) is 0. The molecular formula is C19H27N3O2. The smallest absolute Gasteiger partial charge is 0.273 e. The van der Waals surface area contributed by atoms with Crippen LogP contribution in [0.2, 0.25) is 0 Å². The van der Waals surface area contributed by atoms with Crippen LogP contribution in [0.1, 0.15) is 73.7 Å². The van der Waals surface area contributed by atoms with Gasteiger partial charge in [-0.15, -0.1) is 0 Å². The number of piperidine rings is 1. The number of nitrogens with zero attached hydrogens (tertiary/aromatic N) is 1. The lowest BCUT2D eigenvalue weighted by Gasteiger charge is -2.56. The van der Waals surface area contributed by atoms with Crippen LogP contribution in [0.3, 0.4) is 0 Å². The second kappa shape index (κ2) is 5.58. The standard InChI is InChI=1S/C19H27N3O2/c23-17(16-11-24-18(21-16)15-2-1-3-20-10-15)22-19-7-12-4-13(8-19)6-14(5-12)9-19/h11-15,20H,1-10H2,(H,22,23). The molecule has 24 heavy (non-hydrogen) atoms. The van der Waals surface area contributed by atoms with Crippen molar-refractivity contribution in [3.63, 3.8) is 0 Å². The van der Waals surface area contributed by atoms with E-state index in [1.807, 2.05) is 0 Å². The molecule has 1 aliphatic heterocycles. The topological polar surface area (TPSA) is 67.2 Å². The van der Waals surface area contributed by atoms with E-state index in [4.69, 9.17) is 4.42 Å². The van der Waals surface area contributed by atoms with Crippen LogP contribution in [-0.2, 0) is 0 Å². The molecule has 4 bridgehead atoms. The van der Waals surface area contributed by atoms with Crippen LogP contribution in [0.15, 0.2) is 10.7 Å². The molecule has 4 aliphatic carbocycles. The molecule has 6 rings (SSSR count). The van der Waals surface area contributed by atoms with Crippen LogP contribution in [0, 0.1) is 17.8 Å². The highest BCUT2D eigenvalue weighted by atomic mass is 16.3. The zero-order chi connectivity index (χ0) is 16.1. The molecule has 5 fully saturated rings. The molecule has 0 radical (unpaired) electrons. The van der Waals surface area contributed by atoms with Gasteiger partial charge in [-0.1, -0.05) is 0 Å². The molecule has 0 aromatic carbocycles. The Morgan fingerprint density at radius 1 is 1.21 bits per heavy atom. The third-order valence-electron chi connectivity index (χ3n) is 6.82. The Bertz CT molecular complexity index is 597. The highest BCUT2D eigenvalue weighted by molar-refractivity contribution is 5.92. The van der Waals surface area contributed by atoms with E-state index >= 15 is 0 Å². The van der Waals surface area contributed by atoms with Gasteiger partial charge in [-0.2, -0.15) is 0 Å². The van der Waals surface area contributed by atoms with Gasteiger partial charge in [0.2, 0.25) is 0 Å². The first-order valence-electron chi connectivity index (χ1n) is 9.68. The van der Waals surface area contributed by atoms with Crippen molar-refractivity contribution in [2.45, 2.75) is 62.8 Å². The summed E-state index contributed by atoms with van der Waals surface area (Å²) < 4.78 is 5.63. The van der Waals surface area contributed by atoms with Crippen LogP contribution in [0.25, 0.3) is 0 Å². The Kier molecular flexibility index (Phi) is 3.47. The number of amides is 1. The summed E-state index contributed by atoms with van der Waals surface area (Å²) in [5.41, 5.74) is 0.503. The summed E-state index contributed by atoms with van der Waals surface area (Å²) in [4.78, 5) is 17.3. The number of rotatable bonds is 3. The highest BCUT2D eigenvalue weighted by Gasteiger charge is 2.51. The van der Waals surface area contributed by atoms with Gasteiger partial charge in [0.1, 0.15) is 6.26 Å². The van der Waals surface area contributed by atoms with E-state index in [1.54, 1.807) is 6.26 Å². The maximum Gasteiger partial charge on any atom is 0.273 e. The Labute approximate surface area is 143 Å². The number of hydrogen-bond donors (Lipinski definition) is 2. The lowest BCUT2D eigenvalue weighted by molar-refractivity contribution is -0.0167. The maximum absolute atomic E-state index is 12.8. The van der Waals surface area contributed by atoms with Crippen LogP contribution in [-0.4, -0.2) is 29.5 Å². The van der Waals surface area contributed by atoms with Gasteiger partial charge in [0.15, 0.2) is 11.6 Å². The van der Waals surface area contributed by atoms with Crippen molar-refractivity contribution in [2.75, 3.05) is 13.1 Å². The SMILES string of the molecule is O=C(NC12CC3CC(CC(C3)C1)C2)c1coc(C2CCCNC2)n1. The fourth-order valence-corrected chi connectivity index (χ4v) is 6.21. The van der Waals surface area contributed by atoms with Gasteiger partial charge in [-0.3, -0.25) is 4.79 Å². The normalized spacial score (nSPS) is 40.7. The molecule has 5 aliphatic rings. The molecule has 4 saturated carbocycles. The first kappa shape index (κ1) is 14.9. The quantitative estimate of drug-likeness (QED) is 0.895. The van der Waals surface area contributed by atoms with Gasteiger partial charge in [-0.05, 0) is 75.7 Å². The number of carbonyl (C=O) groups is 1. The Morgan fingerprint density at radius 3 is 2.54 bits per heavy atom. The predicted molar refractivity (Wildman–Crippen MR) is 89.7 cm³/mol. The summed E-state index contributed by atoms with van der Waals surface area (Å²) >= 11 is 0. The van der Waals surface area contributed by atoms with Gasteiger partial charge >= 0.3 is 0 Å². The number of nitrogens with one attached hydrogen (secondary N) is 2. The van der Waals surface area contributed by atoms with Gasteiger partial charge < -0.3 is 15.1 Å². The molecule has 130 valence electrons. The van der Waals surface area contributed by atoms with Gasteiger partial charge in [0, 0.05) is 18.0 Å². The summed E-state index contributed by atoms with van der Waals surface area (Å²) in [6.07, 6.45) is 11.4. The summed E-state index contributed by atoms with van der Waals surface area (Å²) in [6.45, 7) is 1.97. The molecule has 1 atom stereocenters. The summed E-state index contributed by atoms with van der Waals surface area (Å²) in [7, 11) is 0. The van der Waals surface area contributed by atoms with E-state index in [0.717, 1.165) is 49.6 Å². The van der Waals surface area contributed by atoms with Crippen LogP contribution in [0.5, 0.6) is 0 Å². The second-order valence-electron chi connectivity index (χ2n) is 8.77. The second-order valence-corrected chi connectivity index (χ2v) is 8.77. The van der Waals surface area contributed by atoms with Gasteiger partial charge in [0.05, 0.1) is 0 Å². The van der Waals surface area contributed by atoms with E-state index in [0.29, 0.717) is 11.6 Å². The molecule has 1 amide bonds. The van der Waals surface area contributed by atoms with Crippen molar-refractivity contribution in [2.24, 2.45) is 17.8 Å². The Morgan fingerprint density at radius 2 is 1.92 bits per heavy atom. The molecule has 1 aromatic rings. The third kappa shape index (κ3) is 2.57. The first-order chi connectivity index (χ1) is 11.7. The van der Waals surface area contributed by atoms with E-state index in [-0.39, 0.29) is 11.4 Å². The highest BCUT2D eigenvalue weighted by Crippen LogP contribution is 2.55. The molecule has 0 spiro atoms. The Balaban J connectivity index is 1.30. The van der Waals surface area contributed by atoms with Gasteiger partial charge in [-0.25, -0.2) is 4.98 Å². The Hall–Kier alpha value is -1.36. The molecule has 1 aromatic heterocycles. The number of oxazole rings is 1. The van der Waals surface area contributed by atoms with Crippen LogP contribution in [0.4, 0.5) is 0 Å². The molecule has 5 nitrogen and oxygen atoms in total. The van der Waals surface area contributed by atoms with E-state index in [1.165, 1.54) is 38.5 Å². The maximum atomic E-state index is 12.8. The minimum atomic E-state index is -0.0317. The van der Waals surface area contributed by atoms with Crippen molar-refractivity contribution >= 4 is 5.91 Å². The molecule has 1 saturated heterocycles. The minimum Gasteiger partial charge on any atom is -0.448 e. The van der Waals surface area contributed by atoms with E-state index in [2.05, 4.69) is 15.6 Å². The lowest BCUT2D eigenvalue weighted by Crippen LogP contribution is -2.59. The monoisotopic (exact) mass is 329 g/mol. The van der Waals surface area contributed by atoms with E-state index < -0.39 is 0 Å². The van der Waals surface area contributed by atoms with Gasteiger partial charge in [0.25, 0.3) is 5.91 Å². The number of hydrogen-bond acceptors (Lipinski definition) is 4. The molecule has 2 N–H and O–H groups in total. The molecular weight excluding hydrogens is 302 g/mol. The van der Waals surface area contributed by atoms with Crippen molar-refractivity contribution in [3.8, 4) is 0 Å². The van der Waals surface area contributed by atoms with Crippen LogP contribution >= 0.6 is 0 Å². The van der Waals surface area contributed by atoms with Crippen molar-refractivity contribution in [1.82, 2.24) is 15.6 Å². The number of carbonyl (C=O) groups excluding carboxylic acids is 1. The average molecular weight is 329 g/mol. The van der Waals surface area contributed by atoms with Crippen molar-refractivity contribution < 1.29 is 9.21 Å².